The van der Waals surface area contributed by atoms with Gasteiger partial charge in [0.05, 0.1) is 6.10 Å². The molecule has 1 aromatic heterocycles. The SMILES string of the molecule is CC1=C(C)[C@H](NCc2cccs2)N(C[C@@H]2CCCO2)C1=O. The molecule has 21 heavy (non-hydrogen) atoms. The summed E-state index contributed by atoms with van der Waals surface area (Å²) in [5, 5.41) is 5.60. The van der Waals surface area contributed by atoms with E-state index in [1.54, 1.807) is 11.3 Å². The molecule has 0 bridgehead atoms. The van der Waals surface area contributed by atoms with Crippen molar-refractivity contribution in [3.63, 3.8) is 0 Å². The van der Waals surface area contributed by atoms with Gasteiger partial charge in [-0.25, -0.2) is 0 Å². The van der Waals surface area contributed by atoms with Crippen LogP contribution in [0.15, 0.2) is 28.7 Å². The highest BCUT2D eigenvalue weighted by Crippen LogP contribution is 2.26. The van der Waals surface area contributed by atoms with Crippen LogP contribution in [-0.2, 0) is 16.1 Å². The van der Waals surface area contributed by atoms with E-state index in [2.05, 4.69) is 29.8 Å². The monoisotopic (exact) mass is 306 g/mol. The second kappa shape index (κ2) is 6.30. The van der Waals surface area contributed by atoms with Crippen molar-refractivity contribution in [3.05, 3.63) is 33.5 Å². The molecule has 1 N–H and O–H groups in total. The van der Waals surface area contributed by atoms with Crippen molar-refractivity contribution < 1.29 is 9.53 Å². The van der Waals surface area contributed by atoms with Crippen LogP contribution in [0.1, 0.15) is 31.6 Å². The Kier molecular flexibility index (Phi) is 4.42. The van der Waals surface area contributed by atoms with E-state index in [9.17, 15) is 4.79 Å². The van der Waals surface area contributed by atoms with Crippen LogP contribution in [-0.4, -0.2) is 36.2 Å². The van der Waals surface area contributed by atoms with Crippen LogP contribution in [0.3, 0.4) is 0 Å². The Morgan fingerprint density at radius 2 is 2.33 bits per heavy atom. The van der Waals surface area contributed by atoms with Crippen LogP contribution in [0, 0.1) is 0 Å². The van der Waals surface area contributed by atoms with Gasteiger partial charge < -0.3 is 9.64 Å². The van der Waals surface area contributed by atoms with Gasteiger partial charge in [-0.05, 0) is 43.7 Å². The van der Waals surface area contributed by atoms with E-state index < -0.39 is 0 Å². The number of carbonyl (C=O) groups excluding carboxylic acids is 1. The number of hydrogen-bond acceptors (Lipinski definition) is 4. The molecule has 2 aliphatic rings. The predicted molar refractivity (Wildman–Crippen MR) is 84.0 cm³/mol. The zero-order valence-corrected chi connectivity index (χ0v) is 13.4. The smallest absolute Gasteiger partial charge is 0.251 e. The Bertz CT molecular complexity index is 532. The van der Waals surface area contributed by atoms with Crippen molar-refractivity contribution >= 4 is 17.2 Å². The summed E-state index contributed by atoms with van der Waals surface area (Å²) in [6, 6.07) is 4.17. The molecule has 3 heterocycles. The first-order chi connectivity index (χ1) is 10.2. The summed E-state index contributed by atoms with van der Waals surface area (Å²) in [6.07, 6.45) is 2.35. The first-order valence-electron chi connectivity index (χ1n) is 7.52. The van der Waals surface area contributed by atoms with E-state index in [-0.39, 0.29) is 18.2 Å². The number of nitrogens with zero attached hydrogens (tertiary/aromatic N) is 1. The molecule has 0 aliphatic carbocycles. The molecule has 1 amide bonds. The fourth-order valence-electron chi connectivity index (χ4n) is 3.01. The molecular formula is C16H22N2O2S. The van der Waals surface area contributed by atoms with Crippen molar-refractivity contribution in [1.82, 2.24) is 10.2 Å². The second-order valence-electron chi connectivity index (χ2n) is 5.76. The molecule has 0 spiro atoms. The average Bonchev–Trinajstić information content (AvgIpc) is 3.20. The first kappa shape index (κ1) is 14.8. The van der Waals surface area contributed by atoms with E-state index in [4.69, 9.17) is 4.74 Å². The fraction of sp³-hybridized carbons (Fsp3) is 0.562. The molecule has 0 saturated carbocycles. The topological polar surface area (TPSA) is 41.6 Å². The molecular weight excluding hydrogens is 284 g/mol. The van der Waals surface area contributed by atoms with Crippen molar-refractivity contribution in [1.29, 1.82) is 0 Å². The van der Waals surface area contributed by atoms with Gasteiger partial charge in [0.1, 0.15) is 6.17 Å². The number of amides is 1. The van der Waals surface area contributed by atoms with Gasteiger partial charge in [-0.3, -0.25) is 10.1 Å². The zero-order chi connectivity index (χ0) is 14.8. The Morgan fingerprint density at radius 3 is 3.00 bits per heavy atom. The summed E-state index contributed by atoms with van der Waals surface area (Å²) in [4.78, 5) is 15.7. The molecule has 0 radical (unpaired) electrons. The van der Waals surface area contributed by atoms with Gasteiger partial charge >= 0.3 is 0 Å². The van der Waals surface area contributed by atoms with Crippen molar-refractivity contribution in [2.75, 3.05) is 13.2 Å². The molecule has 114 valence electrons. The summed E-state index contributed by atoms with van der Waals surface area (Å²) >= 11 is 1.74. The van der Waals surface area contributed by atoms with Crippen LogP contribution in [0.2, 0.25) is 0 Å². The maximum absolute atomic E-state index is 12.5. The lowest BCUT2D eigenvalue weighted by molar-refractivity contribution is -0.129. The highest BCUT2D eigenvalue weighted by atomic mass is 32.1. The van der Waals surface area contributed by atoms with Crippen LogP contribution in [0.4, 0.5) is 0 Å². The lowest BCUT2D eigenvalue weighted by atomic mass is 10.1. The molecule has 3 rings (SSSR count). The second-order valence-corrected chi connectivity index (χ2v) is 6.80. The minimum atomic E-state index is 0.00352. The minimum absolute atomic E-state index is 0.00352. The molecule has 0 aromatic carbocycles. The van der Waals surface area contributed by atoms with Crippen molar-refractivity contribution in [3.8, 4) is 0 Å². The number of hydrogen-bond donors (Lipinski definition) is 1. The maximum Gasteiger partial charge on any atom is 0.251 e. The molecule has 4 nitrogen and oxygen atoms in total. The average molecular weight is 306 g/mol. The van der Waals surface area contributed by atoms with Crippen LogP contribution in [0.25, 0.3) is 0 Å². The Labute approximate surface area is 129 Å². The maximum atomic E-state index is 12.5. The molecule has 1 aromatic rings. The summed E-state index contributed by atoms with van der Waals surface area (Å²) in [6.45, 7) is 6.28. The predicted octanol–water partition coefficient (Wildman–Crippen LogP) is 2.52. The van der Waals surface area contributed by atoms with E-state index in [0.717, 1.165) is 37.1 Å². The van der Waals surface area contributed by atoms with Gasteiger partial charge in [0.25, 0.3) is 5.91 Å². The third-order valence-corrected chi connectivity index (χ3v) is 5.25. The number of nitrogens with one attached hydrogen (secondary N) is 1. The van der Waals surface area contributed by atoms with E-state index in [0.29, 0.717) is 6.54 Å². The third kappa shape index (κ3) is 3.05. The van der Waals surface area contributed by atoms with Crippen molar-refractivity contribution in [2.45, 2.75) is 45.5 Å². The highest BCUT2D eigenvalue weighted by molar-refractivity contribution is 7.09. The fourth-order valence-corrected chi connectivity index (χ4v) is 3.67. The Balaban J connectivity index is 1.68. The van der Waals surface area contributed by atoms with Crippen LogP contribution in [0.5, 0.6) is 0 Å². The normalized spacial score (nSPS) is 26.2. The lowest BCUT2D eigenvalue weighted by Gasteiger charge is -2.29. The molecule has 2 atom stereocenters. The molecule has 1 saturated heterocycles. The number of carbonyl (C=O) groups is 1. The van der Waals surface area contributed by atoms with Gasteiger partial charge in [-0.15, -0.1) is 11.3 Å². The quantitative estimate of drug-likeness (QED) is 0.909. The molecule has 2 aliphatic heterocycles. The van der Waals surface area contributed by atoms with Gasteiger partial charge in [0.15, 0.2) is 0 Å². The van der Waals surface area contributed by atoms with Gasteiger partial charge in [0, 0.05) is 30.1 Å². The van der Waals surface area contributed by atoms with Gasteiger partial charge in [-0.2, -0.15) is 0 Å². The Morgan fingerprint density at radius 1 is 1.48 bits per heavy atom. The third-order valence-electron chi connectivity index (χ3n) is 4.37. The molecule has 0 unspecified atom stereocenters. The summed E-state index contributed by atoms with van der Waals surface area (Å²) in [7, 11) is 0. The standard InChI is InChI=1S/C16H22N2O2S/c1-11-12(2)16(19)18(10-13-5-3-7-20-13)15(11)17-9-14-6-4-8-21-14/h4,6,8,13,15,17H,3,5,7,9-10H2,1-2H3/t13-,15+/m0/s1. The molecule has 1 fully saturated rings. The lowest BCUT2D eigenvalue weighted by Crippen LogP contribution is -2.47. The first-order valence-corrected chi connectivity index (χ1v) is 8.40. The highest BCUT2D eigenvalue weighted by Gasteiger charge is 2.36. The van der Waals surface area contributed by atoms with Crippen molar-refractivity contribution in [2.24, 2.45) is 0 Å². The minimum Gasteiger partial charge on any atom is -0.376 e. The summed E-state index contributed by atoms with van der Waals surface area (Å²) in [5.74, 6) is 0.145. The van der Waals surface area contributed by atoms with Crippen LogP contribution >= 0.6 is 11.3 Å². The number of thiophene rings is 1. The van der Waals surface area contributed by atoms with Gasteiger partial charge in [-0.1, -0.05) is 6.07 Å². The van der Waals surface area contributed by atoms with Crippen LogP contribution < -0.4 is 5.32 Å². The van der Waals surface area contributed by atoms with Gasteiger partial charge in [0.2, 0.25) is 0 Å². The van der Waals surface area contributed by atoms with E-state index in [1.165, 1.54) is 4.88 Å². The van der Waals surface area contributed by atoms with E-state index >= 15 is 0 Å². The largest absolute Gasteiger partial charge is 0.376 e. The summed E-state index contributed by atoms with van der Waals surface area (Å²) in [5.41, 5.74) is 2.01. The number of ether oxygens (including phenoxy) is 1. The number of rotatable bonds is 5. The Hall–Kier alpha value is -1.17. The summed E-state index contributed by atoms with van der Waals surface area (Å²) < 4.78 is 5.69. The zero-order valence-electron chi connectivity index (χ0n) is 12.6. The van der Waals surface area contributed by atoms with E-state index in [1.807, 2.05) is 11.8 Å². The molecule has 5 heteroatoms.